The van der Waals surface area contributed by atoms with Gasteiger partial charge in [0.25, 0.3) is 5.91 Å². The molecule has 0 radical (unpaired) electrons. The van der Waals surface area contributed by atoms with E-state index in [4.69, 9.17) is 0 Å². The topological polar surface area (TPSA) is 93.1 Å². The number of rotatable bonds is 3. The van der Waals surface area contributed by atoms with Crippen LogP contribution in [0.3, 0.4) is 0 Å². The van der Waals surface area contributed by atoms with Gasteiger partial charge >= 0.3 is 0 Å². The van der Waals surface area contributed by atoms with Gasteiger partial charge in [0.15, 0.2) is 0 Å². The molecule has 21 heavy (non-hydrogen) atoms. The summed E-state index contributed by atoms with van der Waals surface area (Å²) in [6.45, 7) is -0.0776. The molecule has 2 amide bonds. The summed E-state index contributed by atoms with van der Waals surface area (Å²) in [4.78, 5) is 34.9. The van der Waals surface area contributed by atoms with Crippen LogP contribution in [0.2, 0.25) is 0 Å². The quantitative estimate of drug-likeness (QED) is 0.774. The second-order valence-electron chi connectivity index (χ2n) is 5.00. The molecule has 0 aliphatic heterocycles. The van der Waals surface area contributed by atoms with Crippen molar-refractivity contribution in [3.63, 3.8) is 0 Å². The fourth-order valence-corrected chi connectivity index (χ4v) is 2.04. The van der Waals surface area contributed by atoms with E-state index in [-0.39, 0.29) is 23.8 Å². The van der Waals surface area contributed by atoms with E-state index in [1.54, 1.807) is 24.3 Å². The fourth-order valence-electron chi connectivity index (χ4n) is 2.04. The van der Waals surface area contributed by atoms with Gasteiger partial charge in [-0.1, -0.05) is 12.1 Å². The molecule has 0 spiro atoms. The molecule has 1 fully saturated rings. The zero-order valence-electron chi connectivity index (χ0n) is 11.2. The number of carbonyl (C=O) groups is 2. The lowest BCUT2D eigenvalue weighted by Crippen LogP contribution is -2.44. The van der Waals surface area contributed by atoms with Gasteiger partial charge in [-0.3, -0.25) is 29.9 Å². The van der Waals surface area contributed by atoms with Gasteiger partial charge in [0.05, 0.1) is 11.7 Å². The van der Waals surface area contributed by atoms with Crippen LogP contribution in [0, 0.1) is 5.92 Å². The highest BCUT2D eigenvalue weighted by Crippen LogP contribution is 2.28. The van der Waals surface area contributed by atoms with Crippen molar-refractivity contribution in [2.75, 3.05) is 0 Å². The summed E-state index contributed by atoms with van der Waals surface area (Å²) in [5, 5.41) is 4.45. The number of benzene rings is 1. The molecule has 1 aliphatic carbocycles. The smallest absolute Gasteiger partial charge is 0.260 e. The predicted molar refractivity (Wildman–Crippen MR) is 75.0 cm³/mol. The van der Waals surface area contributed by atoms with Crippen molar-refractivity contribution in [2.45, 2.75) is 19.4 Å². The molecule has 0 atom stereocenters. The van der Waals surface area contributed by atoms with Gasteiger partial charge in [-0.25, -0.2) is 0 Å². The predicted octanol–water partition coefficient (Wildman–Crippen LogP) is -0.0461. The standard InChI is InChI=1S/C14H14N4O3/c19-12-7-15-18(11-4-2-1-3-10(11)12)8-13(20)16-17-14(21)9-5-6-9/h1-4,7,9H,5-6,8H2,(H,16,20)(H,17,21). The van der Waals surface area contributed by atoms with E-state index < -0.39 is 5.91 Å². The largest absolute Gasteiger partial charge is 0.287 e. The number of carbonyl (C=O) groups excluding carboxylic acids is 2. The summed E-state index contributed by atoms with van der Waals surface area (Å²) in [5.41, 5.74) is 5.12. The molecule has 0 saturated heterocycles. The van der Waals surface area contributed by atoms with E-state index in [1.807, 2.05) is 0 Å². The van der Waals surface area contributed by atoms with Gasteiger partial charge in [0, 0.05) is 11.3 Å². The summed E-state index contributed by atoms with van der Waals surface area (Å²) in [5.74, 6) is -0.539. The SMILES string of the molecule is O=C(Cn1ncc(=O)c2ccccc21)NNC(=O)C1CC1. The molecule has 7 heteroatoms. The number of hydrogen-bond acceptors (Lipinski definition) is 4. The van der Waals surface area contributed by atoms with Crippen LogP contribution in [0.4, 0.5) is 0 Å². The molecule has 1 saturated carbocycles. The van der Waals surface area contributed by atoms with Crippen LogP contribution in [0.1, 0.15) is 12.8 Å². The van der Waals surface area contributed by atoms with E-state index in [0.29, 0.717) is 10.9 Å². The highest BCUT2D eigenvalue weighted by Gasteiger charge is 2.29. The molecular weight excluding hydrogens is 272 g/mol. The highest BCUT2D eigenvalue weighted by molar-refractivity contribution is 5.85. The molecule has 3 rings (SSSR count). The third-order valence-electron chi connectivity index (χ3n) is 3.33. The minimum Gasteiger partial charge on any atom is -0.287 e. The van der Waals surface area contributed by atoms with Crippen molar-refractivity contribution in [1.82, 2.24) is 20.6 Å². The Morgan fingerprint density at radius 3 is 2.76 bits per heavy atom. The molecule has 0 unspecified atom stereocenters. The molecule has 108 valence electrons. The average Bonchev–Trinajstić information content (AvgIpc) is 3.33. The van der Waals surface area contributed by atoms with Crippen molar-refractivity contribution >= 4 is 22.7 Å². The lowest BCUT2D eigenvalue weighted by Gasteiger charge is -2.10. The Hall–Kier alpha value is -2.70. The Morgan fingerprint density at radius 2 is 2.00 bits per heavy atom. The molecule has 1 heterocycles. The van der Waals surface area contributed by atoms with Gasteiger partial charge < -0.3 is 0 Å². The van der Waals surface area contributed by atoms with Crippen molar-refractivity contribution in [2.24, 2.45) is 5.92 Å². The number of hydrazine groups is 1. The Bertz CT molecular complexity index is 764. The second-order valence-corrected chi connectivity index (χ2v) is 5.00. The van der Waals surface area contributed by atoms with E-state index in [9.17, 15) is 14.4 Å². The number of para-hydroxylation sites is 1. The molecular formula is C14H14N4O3. The zero-order valence-corrected chi connectivity index (χ0v) is 11.2. The van der Waals surface area contributed by atoms with Crippen molar-refractivity contribution in [3.8, 4) is 0 Å². The van der Waals surface area contributed by atoms with Crippen LogP contribution in [-0.2, 0) is 16.1 Å². The monoisotopic (exact) mass is 286 g/mol. The Kier molecular flexibility index (Phi) is 3.39. The third kappa shape index (κ3) is 2.91. The molecule has 7 nitrogen and oxygen atoms in total. The maximum atomic E-state index is 11.8. The van der Waals surface area contributed by atoms with Crippen LogP contribution >= 0.6 is 0 Å². The first-order valence-corrected chi connectivity index (χ1v) is 6.69. The molecule has 1 aliphatic rings. The number of nitrogens with one attached hydrogen (secondary N) is 2. The van der Waals surface area contributed by atoms with Gasteiger partial charge in [-0.2, -0.15) is 5.10 Å². The molecule has 2 aromatic rings. The second kappa shape index (κ2) is 5.35. The molecule has 0 bridgehead atoms. The maximum absolute atomic E-state index is 11.8. The zero-order chi connectivity index (χ0) is 14.8. The number of nitrogens with zero attached hydrogens (tertiary/aromatic N) is 2. The molecule has 1 aromatic carbocycles. The lowest BCUT2D eigenvalue weighted by atomic mass is 10.2. The van der Waals surface area contributed by atoms with Crippen molar-refractivity contribution < 1.29 is 9.59 Å². The minimum atomic E-state index is -0.398. The average molecular weight is 286 g/mol. The number of aromatic nitrogens is 2. The van der Waals surface area contributed by atoms with Crippen molar-refractivity contribution in [3.05, 3.63) is 40.7 Å². The van der Waals surface area contributed by atoms with Gasteiger partial charge in [-0.15, -0.1) is 0 Å². The first kappa shape index (κ1) is 13.3. The Labute approximate surface area is 119 Å². The highest BCUT2D eigenvalue weighted by atomic mass is 16.2. The summed E-state index contributed by atoms with van der Waals surface area (Å²) in [6.07, 6.45) is 2.92. The minimum absolute atomic E-state index is 0.0247. The first-order chi connectivity index (χ1) is 10.1. The summed E-state index contributed by atoms with van der Waals surface area (Å²) in [6, 6.07) is 6.93. The molecule has 2 N–H and O–H groups in total. The van der Waals surface area contributed by atoms with Crippen LogP contribution in [0.25, 0.3) is 10.9 Å². The Balaban J connectivity index is 1.72. The van der Waals surface area contributed by atoms with Gasteiger partial charge in [0.1, 0.15) is 6.54 Å². The summed E-state index contributed by atoms with van der Waals surface area (Å²) in [7, 11) is 0. The first-order valence-electron chi connectivity index (χ1n) is 6.69. The van der Waals surface area contributed by atoms with E-state index in [1.165, 1.54) is 10.9 Å². The lowest BCUT2D eigenvalue weighted by molar-refractivity contribution is -0.129. The number of fused-ring (bicyclic) bond motifs is 1. The van der Waals surface area contributed by atoms with Gasteiger partial charge in [-0.05, 0) is 25.0 Å². The fraction of sp³-hybridized carbons (Fsp3) is 0.286. The van der Waals surface area contributed by atoms with Crippen LogP contribution < -0.4 is 16.3 Å². The van der Waals surface area contributed by atoms with E-state index in [2.05, 4.69) is 16.0 Å². The van der Waals surface area contributed by atoms with Crippen molar-refractivity contribution in [1.29, 1.82) is 0 Å². The van der Waals surface area contributed by atoms with Crippen LogP contribution in [0.15, 0.2) is 35.3 Å². The normalized spacial score (nSPS) is 13.9. The summed E-state index contributed by atoms with van der Waals surface area (Å²) < 4.78 is 1.43. The number of hydrogen-bond donors (Lipinski definition) is 2. The van der Waals surface area contributed by atoms with Crippen LogP contribution in [-0.4, -0.2) is 21.6 Å². The Morgan fingerprint density at radius 1 is 1.24 bits per heavy atom. The molecule has 1 aromatic heterocycles. The van der Waals surface area contributed by atoms with E-state index in [0.717, 1.165) is 12.8 Å². The van der Waals surface area contributed by atoms with Crippen LogP contribution in [0.5, 0.6) is 0 Å². The van der Waals surface area contributed by atoms with Gasteiger partial charge in [0.2, 0.25) is 11.3 Å². The maximum Gasteiger partial charge on any atom is 0.260 e. The summed E-state index contributed by atoms with van der Waals surface area (Å²) >= 11 is 0. The third-order valence-corrected chi connectivity index (χ3v) is 3.33. The number of amides is 2. The van der Waals surface area contributed by atoms with E-state index >= 15 is 0 Å².